The number of rotatable bonds is 7. The molecule has 3 saturated carbocycles. The molecule has 0 aliphatic heterocycles. The highest BCUT2D eigenvalue weighted by Crippen LogP contribution is 2.44. The summed E-state index contributed by atoms with van der Waals surface area (Å²) in [6.07, 6.45) is 7.88. The maximum Gasteiger partial charge on any atom is 0.223 e. The first kappa shape index (κ1) is 10.6. The fourth-order valence-corrected chi connectivity index (χ4v) is 2.54. The molecule has 0 atom stereocenters. The van der Waals surface area contributed by atoms with E-state index in [4.69, 9.17) is 0 Å². The number of amides is 1. The van der Waals surface area contributed by atoms with E-state index in [2.05, 4.69) is 10.6 Å². The van der Waals surface area contributed by atoms with Gasteiger partial charge in [-0.2, -0.15) is 0 Å². The lowest BCUT2D eigenvalue weighted by molar-refractivity contribution is -0.122. The van der Waals surface area contributed by atoms with Gasteiger partial charge in [0.05, 0.1) is 0 Å². The summed E-state index contributed by atoms with van der Waals surface area (Å²) in [6, 6.07) is 0.762. The van der Waals surface area contributed by atoms with Gasteiger partial charge in [-0.1, -0.05) is 0 Å². The van der Waals surface area contributed by atoms with E-state index in [0.717, 1.165) is 43.8 Å². The van der Waals surface area contributed by atoms with Crippen LogP contribution in [0.5, 0.6) is 0 Å². The molecule has 0 aromatic carbocycles. The normalized spacial score (nSPS) is 24.8. The number of hydrogen-bond acceptors (Lipinski definition) is 2. The van der Waals surface area contributed by atoms with Crippen molar-refractivity contribution in [2.75, 3.05) is 13.1 Å². The molecule has 0 bridgehead atoms. The van der Waals surface area contributed by atoms with Crippen molar-refractivity contribution >= 4 is 5.91 Å². The maximum atomic E-state index is 11.4. The molecule has 3 aliphatic rings. The first-order valence-corrected chi connectivity index (χ1v) is 6.85. The number of carbonyl (C=O) groups excluding carboxylic acids is 1. The van der Waals surface area contributed by atoms with Crippen molar-refractivity contribution in [3.05, 3.63) is 0 Å². The van der Waals surface area contributed by atoms with Gasteiger partial charge in [-0.05, 0) is 50.4 Å². The molecule has 0 aromatic heterocycles. The van der Waals surface area contributed by atoms with Gasteiger partial charge in [-0.3, -0.25) is 4.79 Å². The molecular weight excluding hydrogens is 200 g/mol. The van der Waals surface area contributed by atoms with Gasteiger partial charge < -0.3 is 10.6 Å². The largest absolute Gasteiger partial charge is 0.355 e. The molecule has 0 radical (unpaired) electrons. The highest BCUT2D eigenvalue weighted by Gasteiger charge is 2.40. The standard InChI is InChI=1S/C13H22N2O/c16-13(11-5-6-11)15-8-7-14-12(9-1-2-9)10-3-4-10/h9-12,14H,1-8H2,(H,15,16). The van der Waals surface area contributed by atoms with Gasteiger partial charge in [-0.25, -0.2) is 0 Å². The molecule has 3 fully saturated rings. The van der Waals surface area contributed by atoms with Gasteiger partial charge in [0.15, 0.2) is 0 Å². The topological polar surface area (TPSA) is 41.1 Å². The van der Waals surface area contributed by atoms with Crippen LogP contribution in [0.4, 0.5) is 0 Å². The van der Waals surface area contributed by atoms with Crippen LogP contribution in [0.15, 0.2) is 0 Å². The van der Waals surface area contributed by atoms with Gasteiger partial charge in [0, 0.05) is 25.0 Å². The van der Waals surface area contributed by atoms with Crippen LogP contribution in [-0.2, 0) is 4.79 Å². The first-order valence-electron chi connectivity index (χ1n) is 6.85. The third-order valence-electron chi connectivity index (χ3n) is 4.01. The van der Waals surface area contributed by atoms with Crippen LogP contribution in [-0.4, -0.2) is 25.0 Å². The zero-order valence-electron chi connectivity index (χ0n) is 9.87. The van der Waals surface area contributed by atoms with Crippen molar-refractivity contribution < 1.29 is 4.79 Å². The fraction of sp³-hybridized carbons (Fsp3) is 0.923. The van der Waals surface area contributed by atoms with Crippen LogP contribution in [0.2, 0.25) is 0 Å². The van der Waals surface area contributed by atoms with Crippen LogP contribution < -0.4 is 10.6 Å². The van der Waals surface area contributed by atoms with E-state index in [0.29, 0.717) is 5.92 Å². The Balaban J connectivity index is 1.30. The van der Waals surface area contributed by atoms with E-state index < -0.39 is 0 Å². The third-order valence-corrected chi connectivity index (χ3v) is 4.01. The second-order valence-corrected chi connectivity index (χ2v) is 5.72. The first-order chi connectivity index (χ1) is 7.84. The Hall–Kier alpha value is -0.570. The molecule has 3 aliphatic carbocycles. The van der Waals surface area contributed by atoms with Gasteiger partial charge >= 0.3 is 0 Å². The zero-order valence-corrected chi connectivity index (χ0v) is 9.87. The monoisotopic (exact) mass is 222 g/mol. The van der Waals surface area contributed by atoms with Gasteiger partial charge in [0.25, 0.3) is 0 Å². The van der Waals surface area contributed by atoms with Crippen LogP contribution in [0.3, 0.4) is 0 Å². The highest BCUT2D eigenvalue weighted by atomic mass is 16.2. The Kier molecular flexibility index (Phi) is 2.88. The van der Waals surface area contributed by atoms with Gasteiger partial charge in [0.2, 0.25) is 5.91 Å². The number of nitrogens with one attached hydrogen (secondary N) is 2. The summed E-state index contributed by atoms with van der Waals surface area (Å²) in [7, 11) is 0. The summed E-state index contributed by atoms with van der Waals surface area (Å²) >= 11 is 0. The SMILES string of the molecule is O=C(NCCNC(C1CC1)C1CC1)C1CC1. The minimum absolute atomic E-state index is 0.274. The molecule has 3 heteroatoms. The second-order valence-electron chi connectivity index (χ2n) is 5.72. The Morgan fingerprint density at radius 2 is 1.62 bits per heavy atom. The smallest absolute Gasteiger partial charge is 0.223 e. The lowest BCUT2D eigenvalue weighted by Gasteiger charge is -2.17. The van der Waals surface area contributed by atoms with Crippen molar-refractivity contribution in [1.29, 1.82) is 0 Å². The van der Waals surface area contributed by atoms with E-state index >= 15 is 0 Å². The van der Waals surface area contributed by atoms with Crippen molar-refractivity contribution in [1.82, 2.24) is 10.6 Å². The molecule has 0 saturated heterocycles. The predicted octanol–water partition coefficient (Wildman–Crippen LogP) is 1.29. The molecule has 0 unspecified atom stereocenters. The average molecular weight is 222 g/mol. The van der Waals surface area contributed by atoms with Crippen molar-refractivity contribution in [2.24, 2.45) is 17.8 Å². The van der Waals surface area contributed by atoms with Gasteiger partial charge in [0.1, 0.15) is 0 Å². The van der Waals surface area contributed by atoms with E-state index in [1.165, 1.54) is 25.7 Å². The lowest BCUT2D eigenvalue weighted by atomic mass is 10.1. The molecule has 0 spiro atoms. The summed E-state index contributed by atoms with van der Waals surface area (Å²) < 4.78 is 0. The lowest BCUT2D eigenvalue weighted by Crippen LogP contribution is -2.39. The minimum Gasteiger partial charge on any atom is -0.355 e. The van der Waals surface area contributed by atoms with E-state index in [9.17, 15) is 4.79 Å². The van der Waals surface area contributed by atoms with Crippen molar-refractivity contribution in [2.45, 2.75) is 44.6 Å². The Labute approximate surface area is 97.4 Å². The van der Waals surface area contributed by atoms with E-state index in [1.54, 1.807) is 0 Å². The van der Waals surface area contributed by atoms with Crippen molar-refractivity contribution in [3.63, 3.8) is 0 Å². The molecule has 3 rings (SSSR count). The Morgan fingerprint density at radius 3 is 2.12 bits per heavy atom. The molecule has 2 N–H and O–H groups in total. The minimum atomic E-state index is 0.274. The average Bonchev–Trinajstić information content (AvgIpc) is 3.16. The third kappa shape index (κ3) is 2.76. The predicted molar refractivity (Wildman–Crippen MR) is 63.0 cm³/mol. The van der Waals surface area contributed by atoms with Crippen LogP contribution in [0, 0.1) is 17.8 Å². The maximum absolute atomic E-state index is 11.4. The summed E-state index contributed by atoms with van der Waals surface area (Å²) in [5.41, 5.74) is 0. The van der Waals surface area contributed by atoms with Crippen LogP contribution in [0.25, 0.3) is 0 Å². The quantitative estimate of drug-likeness (QED) is 0.637. The number of hydrogen-bond donors (Lipinski definition) is 2. The molecular formula is C13H22N2O. The Bertz CT molecular complexity index is 255. The molecule has 3 nitrogen and oxygen atoms in total. The summed E-state index contributed by atoms with van der Waals surface area (Å²) in [5, 5.41) is 6.66. The molecule has 0 heterocycles. The van der Waals surface area contributed by atoms with Crippen molar-refractivity contribution in [3.8, 4) is 0 Å². The Morgan fingerprint density at radius 1 is 1.00 bits per heavy atom. The molecule has 90 valence electrons. The molecule has 0 aromatic rings. The van der Waals surface area contributed by atoms with E-state index in [1.807, 2.05) is 0 Å². The van der Waals surface area contributed by atoms with Crippen LogP contribution >= 0.6 is 0 Å². The zero-order chi connectivity index (χ0) is 11.0. The number of carbonyl (C=O) groups is 1. The fourth-order valence-electron chi connectivity index (χ4n) is 2.54. The summed E-state index contributed by atoms with van der Waals surface area (Å²) in [4.78, 5) is 11.4. The van der Waals surface area contributed by atoms with E-state index in [-0.39, 0.29) is 5.91 Å². The molecule has 16 heavy (non-hydrogen) atoms. The highest BCUT2D eigenvalue weighted by molar-refractivity contribution is 5.80. The summed E-state index contributed by atoms with van der Waals surface area (Å²) in [5.74, 6) is 2.53. The second kappa shape index (κ2) is 4.36. The van der Waals surface area contributed by atoms with Gasteiger partial charge in [-0.15, -0.1) is 0 Å². The summed E-state index contributed by atoms with van der Waals surface area (Å²) in [6.45, 7) is 1.77. The van der Waals surface area contributed by atoms with Crippen LogP contribution in [0.1, 0.15) is 38.5 Å². The molecule has 1 amide bonds.